The summed E-state index contributed by atoms with van der Waals surface area (Å²) >= 11 is 0. The number of hydrogen-bond donors (Lipinski definition) is 10. The number of ether oxygens (including phenoxy) is 2. The van der Waals surface area contributed by atoms with Gasteiger partial charge in [-0.2, -0.15) is 0 Å². The van der Waals surface area contributed by atoms with Crippen LogP contribution in [0.1, 0.15) is 79.2 Å². The van der Waals surface area contributed by atoms with Crippen LogP contribution in [-0.4, -0.2) is 134 Å². The van der Waals surface area contributed by atoms with Crippen molar-refractivity contribution in [3.05, 3.63) is 157 Å². The van der Waals surface area contributed by atoms with Gasteiger partial charge in [0.05, 0.1) is 6.61 Å². The number of nitrogens with one attached hydrogen (secondary N) is 10. The van der Waals surface area contributed by atoms with E-state index >= 15 is 0 Å². The zero-order chi connectivity index (χ0) is 61.0. The number of carbonyl (C=O) groups is 8. The number of rotatable bonds is 29. The van der Waals surface area contributed by atoms with Gasteiger partial charge < -0.3 is 46.7 Å². The quantitative estimate of drug-likeness (QED) is 0.0180. The smallest absolute Gasteiger partial charge is 0.407 e. The minimum Gasteiger partial charge on any atom is -0.465 e. The Balaban J connectivity index is 1.08. The summed E-state index contributed by atoms with van der Waals surface area (Å²) < 4.78 is 13.3. The van der Waals surface area contributed by atoms with Gasteiger partial charge >= 0.3 is 29.1 Å². The number of amides is 7. The van der Waals surface area contributed by atoms with Crippen LogP contribution in [-0.2, 0) is 62.7 Å². The molecule has 3 atom stereocenters. The number of hydrogen-bond acceptors (Lipinski definition) is 16. The highest BCUT2D eigenvalue weighted by Gasteiger charge is 2.30. The number of carbonyl (C=O) groups excluding carboxylic acids is 8. The first kappa shape index (κ1) is 63.2. The highest BCUT2D eigenvalue weighted by Crippen LogP contribution is 2.44. The standard InChI is InChI=1S/C55H67N13O16/c1-5-83-45(72)23-59-51(78)41(62-44(71)29-68-26-33(4)48(75)65-54(68)81)18-11-21-57-49(76)39(60-42(69)27-66-24-31(2)46(73)63-52(66)79)17-10-20-56-50(77)40(61-43(70)28-67-25-32(3)47(74)64-53(67)80)19-12-22-58-55(82)84-30-38-36-15-8-6-13-34(36)35-14-7-9-16-37(35)38/h6-9,13-16,24-26,38-41H,5,10-12,17-23,27-30H2,1-4H3,(H,56,77)(H,57,76)(H,58,82)(H,59,78)(H,60,69)(H,61,70)(H,62,71)(H,63,73,79)(H,64,74,80)(H,65,75,81)/t39-,40-,41-/m0/s1. The second-order valence-corrected chi connectivity index (χ2v) is 19.7. The Morgan fingerprint density at radius 3 is 1.24 bits per heavy atom. The molecule has 10 N–H and O–H groups in total. The molecule has 0 unspecified atom stereocenters. The van der Waals surface area contributed by atoms with E-state index in [-0.39, 0.29) is 94.0 Å². The van der Waals surface area contributed by atoms with E-state index in [9.17, 15) is 67.1 Å². The lowest BCUT2D eigenvalue weighted by atomic mass is 9.98. The van der Waals surface area contributed by atoms with Crippen LogP contribution >= 0.6 is 0 Å². The number of nitrogens with zero attached hydrogens (tertiary/aromatic N) is 3. The molecule has 29 heteroatoms. The van der Waals surface area contributed by atoms with Gasteiger partial charge in [0.25, 0.3) is 16.7 Å². The molecule has 0 aliphatic heterocycles. The first-order chi connectivity index (χ1) is 40.1. The number of alkyl carbamates (subject to hydrolysis) is 1. The van der Waals surface area contributed by atoms with Crippen molar-refractivity contribution in [1.82, 2.24) is 65.9 Å². The second-order valence-electron chi connectivity index (χ2n) is 19.7. The largest absolute Gasteiger partial charge is 0.465 e. The molecule has 0 saturated heterocycles. The van der Waals surface area contributed by atoms with Gasteiger partial charge in [-0.3, -0.25) is 76.6 Å². The van der Waals surface area contributed by atoms with Gasteiger partial charge in [-0.25, -0.2) is 19.2 Å². The molecule has 0 fully saturated rings. The van der Waals surface area contributed by atoms with Gasteiger partial charge in [0, 0.05) is 60.8 Å². The zero-order valence-electron chi connectivity index (χ0n) is 46.6. The molecule has 3 heterocycles. The highest BCUT2D eigenvalue weighted by molar-refractivity contribution is 5.90. The lowest BCUT2D eigenvalue weighted by molar-refractivity contribution is -0.143. The van der Waals surface area contributed by atoms with Crippen molar-refractivity contribution in [3.63, 3.8) is 0 Å². The molecule has 84 heavy (non-hydrogen) atoms. The molecule has 7 amide bonds. The second kappa shape index (κ2) is 30.2. The van der Waals surface area contributed by atoms with Crippen LogP contribution in [0.2, 0.25) is 0 Å². The molecule has 0 radical (unpaired) electrons. The lowest BCUT2D eigenvalue weighted by Crippen LogP contribution is -2.50. The SMILES string of the molecule is CCOC(=O)CNC(=O)[C@H](CCCNC(=O)[C@H](CCCNC(=O)[C@H](CCCNC(=O)OCC1c2ccccc2-c2ccccc21)NC(=O)Cn1cc(C)c(=O)[nH]c1=O)NC(=O)Cn1cc(C)c(=O)[nH]c1=O)NC(=O)Cn1cc(C)c(=O)[nH]c1=O. The van der Waals surface area contributed by atoms with E-state index in [1.165, 1.54) is 27.0 Å². The van der Waals surface area contributed by atoms with Crippen molar-refractivity contribution in [2.75, 3.05) is 39.4 Å². The maximum atomic E-state index is 13.8. The molecular weight excluding hydrogens is 1100 g/mol. The Bertz CT molecular complexity index is 3590. The number of aromatic nitrogens is 6. The summed E-state index contributed by atoms with van der Waals surface area (Å²) in [5.41, 5.74) is -0.0323. The molecule has 1 aliphatic rings. The van der Waals surface area contributed by atoms with Gasteiger partial charge in [-0.15, -0.1) is 0 Å². The number of H-pyrrole nitrogens is 3. The first-order valence-corrected chi connectivity index (χ1v) is 27.0. The van der Waals surface area contributed by atoms with Crippen LogP contribution in [0.25, 0.3) is 11.1 Å². The fraction of sp³-hybridized carbons (Fsp3) is 0.418. The number of benzene rings is 2. The van der Waals surface area contributed by atoms with Gasteiger partial charge in [-0.1, -0.05) is 48.5 Å². The van der Waals surface area contributed by atoms with Gasteiger partial charge in [-0.05, 0) is 88.5 Å². The maximum Gasteiger partial charge on any atom is 0.407 e. The number of aromatic amines is 3. The third-order valence-corrected chi connectivity index (χ3v) is 13.4. The van der Waals surface area contributed by atoms with Crippen molar-refractivity contribution in [1.29, 1.82) is 0 Å². The van der Waals surface area contributed by atoms with Crippen LogP contribution in [0, 0.1) is 20.8 Å². The minimum absolute atomic E-state index is 0.00870. The molecule has 0 spiro atoms. The lowest BCUT2D eigenvalue weighted by Gasteiger charge is -2.21. The van der Waals surface area contributed by atoms with Gasteiger partial charge in [0.2, 0.25) is 35.4 Å². The minimum atomic E-state index is -1.32. The molecule has 0 bridgehead atoms. The van der Waals surface area contributed by atoms with E-state index in [0.29, 0.717) is 0 Å². The molecule has 29 nitrogen and oxygen atoms in total. The predicted molar refractivity (Wildman–Crippen MR) is 300 cm³/mol. The van der Waals surface area contributed by atoms with Crippen LogP contribution in [0.3, 0.4) is 0 Å². The molecule has 6 rings (SSSR count). The summed E-state index contributed by atoms with van der Waals surface area (Å²) in [7, 11) is 0. The van der Waals surface area contributed by atoms with Crippen LogP contribution in [0.15, 0.2) is 95.9 Å². The highest BCUT2D eigenvalue weighted by atomic mass is 16.5. The molecule has 3 aromatic heterocycles. The number of fused-ring (bicyclic) bond motifs is 3. The van der Waals surface area contributed by atoms with Crippen molar-refractivity contribution < 1.29 is 47.8 Å². The monoisotopic (exact) mass is 1170 g/mol. The van der Waals surface area contributed by atoms with Crippen molar-refractivity contribution in [3.8, 4) is 11.1 Å². The number of esters is 1. The Kier molecular flexibility index (Phi) is 22.7. The van der Waals surface area contributed by atoms with Crippen LogP contribution < -0.4 is 71.0 Å². The molecule has 1 aliphatic carbocycles. The average molecular weight is 1170 g/mol. The summed E-state index contributed by atoms with van der Waals surface area (Å²) in [6, 6.07) is 11.8. The Hall–Kier alpha value is -9.96. The summed E-state index contributed by atoms with van der Waals surface area (Å²) in [6.07, 6.45) is 2.68. The summed E-state index contributed by atoms with van der Waals surface area (Å²) in [5.74, 6) is -5.60. The van der Waals surface area contributed by atoms with Crippen LogP contribution in [0.5, 0.6) is 0 Å². The summed E-state index contributed by atoms with van der Waals surface area (Å²) in [6.45, 7) is 3.34. The Morgan fingerprint density at radius 2 is 0.857 bits per heavy atom. The van der Waals surface area contributed by atoms with E-state index in [4.69, 9.17) is 9.47 Å². The van der Waals surface area contributed by atoms with Crippen LogP contribution in [0.4, 0.5) is 4.79 Å². The normalized spacial score (nSPS) is 12.5. The third-order valence-electron chi connectivity index (χ3n) is 13.4. The molecule has 0 saturated carbocycles. The van der Waals surface area contributed by atoms with E-state index in [2.05, 4.69) is 52.2 Å². The third kappa shape index (κ3) is 18.0. The number of aryl methyl sites for hydroxylation is 3. The van der Waals surface area contributed by atoms with Crippen molar-refractivity contribution in [2.24, 2.45) is 0 Å². The molecular formula is C55H67N13O16. The van der Waals surface area contributed by atoms with E-state index in [0.717, 1.165) is 48.3 Å². The molecule has 2 aromatic carbocycles. The Labute approximate surface area is 477 Å². The van der Waals surface area contributed by atoms with Gasteiger partial charge in [0.15, 0.2) is 0 Å². The van der Waals surface area contributed by atoms with E-state index in [1.807, 2.05) is 48.5 Å². The fourth-order valence-electron chi connectivity index (χ4n) is 9.12. The predicted octanol–water partition coefficient (Wildman–Crippen LogP) is -2.19. The maximum absolute atomic E-state index is 13.8. The zero-order valence-corrected chi connectivity index (χ0v) is 46.6. The summed E-state index contributed by atoms with van der Waals surface area (Å²) in [4.78, 5) is 185. The topological polar surface area (TPSA) is 404 Å². The molecule has 448 valence electrons. The first-order valence-electron chi connectivity index (χ1n) is 27.0. The Morgan fingerprint density at radius 1 is 0.500 bits per heavy atom. The van der Waals surface area contributed by atoms with E-state index < -0.39 is 126 Å². The fourth-order valence-corrected chi connectivity index (χ4v) is 9.12. The van der Waals surface area contributed by atoms with Crippen molar-refractivity contribution >= 4 is 47.5 Å². The van der Waals surface area contributed by atoms with Crippen molar-refractivity contribution in [2.45, 2.75) is 110 Å². The molecule has 5 aromatic rings. The van der Waals surface area contributed by atoms with E-state index in [1.54, 1.807) is 6.92 Å². The summed E-state index contributed by atoms with van der Waals surface area (Å²) in [5, 5.41) is 18.1. The average Bonchev–Trinajstić information content (AvgIpc) is 3.46. The van der Waals surface area contributed by atoms with Gasteiger partial charge in [0.1, 0.15) is 50.9 Å².